The molecule has 0 aliphatic carbocycles. The van der Waals surface area contributed by atoms with Crippen molar-refractivity contribution >= 4 is 22.9 Å². The van der Waals surface area contributed by atoms with Gasteiger partial charge in [0, 0.05) is 28.6 Å². The van der Waals surface area contributed by atoms with E-state index in [4.69, 9.17) is 0 Å². The van der Waals surface area contributed by atoms with Crippen LogP contribution >= 0.6 is 11.3 Å². The maximum Gasteiger partial charge on any atom is 0.274 e. The Hall–Kier alpha value is -3.06. The molecule has 0 fully saturated rings. The molecule has 25 heavy (non-hydrogen) atoms. The summed E-state index contributed by atoms with van der Waals surface area (Å²) in [5.41, 5.74) is 0.818. The Bertz CT molecular complexity index is 939. The van der Waals surface area contributed by atoms with Crippen LogP contribution in [0.25, 0.3) is 10.4 Å². The van der Waals surface area contributed by atoms with Crippen LogP contribution in [0.4, 0.5) is 10.1 Å². The Kier molecular flexibility index (Phi) is 4.85. The Balaban J connectivity index is 1.73. The van der Waals surface area contributed by atoms with E-state index in [1.165, 1.54) is 23.5 Å². The van der Waals surface area contributed by atoms with Gasteiger partial charge in [0.05, 0.1) is 9.80 Å². The number of nitro groups is 1. The second kappa shape index (κ2) is 7.23. The highest BCUT2D eigenvalue weighted by Crippen LogP contribution is 2.30. The monoisotopic (exact) mass is 356 g/mol. The van der Waals surface area contributed by atoms with E-state index >= 15 is 0 Å². The van der Waals surface area contributed by atoms with Gasteiger partial charge in [-0.1, -0.05) is 36.4 Å². The van der Waals surface area contributed by atoms with Crippen LogP contribution in [0.2, 0.25) is 0 Å². The zero-order valence-electron chi connectivity index (χ0n) is 12.9. The number of halogens is 1. The van der Waals surface area contributed by atoms with E-state index in [0.717, 1.165) is 0 Å². The first-order valence-electron chi connectivity index (χ1n) is 7.41. The number of hydrogen-bond donors (Lipinski definition) is 1. The van der Waals surface area contributed by atoms with Crippen molar-refractivity contribution in [2.45, 2.75) is 6.54 Å². The maximum absolute atomic E-state index is 13.8. The largest absolute Gasteiger partial charge is 0.347 e. The van der Waals surface area contributed by atoms with Gasteiger partial charge in [0.15, 0.2) is 0 Å². The van der Waals surface area contributed by atoms with Crippen LogP contribution in [0.1, 0.15) is 15.2 Å². The summed E-state index contributed by atoms with van der Waals surface area (Å²) in [4.78, 5) is 23.8. The Morgan fingerprint density at radius 1 is 1.08 bits per heavy atom. The molecule has 0 bridgehead atoms. The summed E-state index contributed by atoms with van der Waals surface area (Å²) in [6.07, 6.45) is 0. The minimum atomic E-state index is -0.483. The molecule has 1 N–H and O–H groups in total. The fraction of sp³-hybridized carbons (Fsp3) is 0.0556. The van der Waals surface area contributed by atoms with E-state index in [1.807, 2.05) is 0 Å². The second-order valence-corrected chi connectivity index (χ2v) is 6.30. The van der Waals surface area contributed by atoms with E-state index in [2.05, 4.69) is 5.32 Å². The van der Waals surface area contributed by atoms with Gasteiger partial charge >= 0.3 is 0 Å². The number of para-hydroxylation sites is 1. The van der Waals surface area contributed by atoms with Crippen molar-refractivity contribution in [2.75, 3.05) is 0 Å². The molecule has 0 atom stereocenters. The Labute approximate surface area is 146 Å². The third-order valence-electron chi connectivity index (χ3n) is 3.60. The average Bonchev–Trinajstić information content (AvgIpc) is 3.10. The lowest BCUT2D eigenvalue weighted by atomic mass is 10.2. The number of benzene rings is 2. The molecule has 0 saturated carbocycles. The topological polar surface area (TPSA) is 72.2 Å². The molecule has 3 rings (SSSR count). The third-order valence-corrected chi connectivity index (χ3v) is 4.71. The summed E-state index contributed by atoms with van der Waals surface area (Å²) >= 11 is 1.17. The van der Waals surface area contributed by atoms with E-state index in [9.17, 15) is 19.3 Å². The molecule has 0 aliphatic heterocycles. The Morgan fingerprint density at radius 2 is 1.80 bits per heavy atom. The van der Waals surface area contributed by atoms with Crippen LogP contribution in [-0.4, -0.2) is 10.8 Å². The number of carbonyl (C=O) groups is 1. The zero-order chi connectivity index (χ0) is 17.8. The van der Waals surface area contributed by atoms with E-state index in [1.54, 1.807) is 48.5 Å². The van der Waals surface area contributed by atoms with Crippen molar-refractivity contribution in [3.63, 3.8) is 0 Å². The molecule has 0 saturated heterocycles. The summed E-state index contributed by atoms with van der Waals surface area (Å²) in [6, 6.07) is 15.9. The van der Waals surface area contributed by atoms with Gasteiger partial charge in [-0.2, -0.15) is 0 Å². The lowest BCUT2D eigenvalue weighted by Crippen LogP contribution is -2.22. The number of thiophene rings is 1. The average molecular weight is 356 g/mol. The molecule has 2 aromatic carbocycles. The molecule has 0 spiro atoms. The van der Waals surface area contributed by atoms with Gasteiger partial charge in [0.2, 0.25) is 0 Å². The van der Waals surface area contributed by atoms with Crippen LogP contribution < -0.4 is 5.32 Å². The van der Waals surface area contributed by atoms with E-state index in [0.29, 0.717) is 20.9 Å². The highest BCUT2D eigenvalue weighted by Gasteiger charge is 2.15. The van der Waals surface area contributed by atoms with Crippen molar-refractivity contribution in [3.05, 3.63) is 87.0 Å². The van der Waals surface area contributed by atoms with Crippen molar-refractivity contribution in [1.29, 1.82) is 0 Å². The maximum atomic E-state index is 13.8. The van der Waals surface area contributed by atoms with Gasteiger partial charge in [-0.15, -0.1) is 11.3 Å². The first-order valence-corrected chi connectivity index (χ1v) is 8.23. The van der Waals surface area contributed by atoms with Gasteiger partial charge in [-0.25, -0.2) is 4.39 Å². The minimum absolute atomic E-state index is 0.0407. The summed E-state index contributed by atoms with van der Waals surface area (Å²) in [7, 11) is 0. The summed E-state index contributed by atoms with van der Waals surface area (Å²) < 4.78 is 13.8. The third kappa shape index (κ3) is 3.72. The summed E-state index contributed by atoms with van der Waals surface area (Å²) in [6.45, 7) is 0.0446. The van der Waals surface area contributed by atoms with E-state index in [-0.39, 0.29) is 24.0 Å². The SMILES string of the molecule is O=C(NCc1ccccc1[N+](=O)[O-])c1ccc(-c2ccccc2F)s1. The van der Waals surface area contributed by atoms with Gasteiger partial charge < -0.3 is 5.32 Å². The minimum Gasteiger partial charge on any atom is -0.347 e. The lowest BCUT2D eigenvalue weighted by molar-refractivity contribution is -0.385. The highest BCUT2D eigenvalue weighted by molar-refractivity contribution is 7.17. The molecule has 0 aliphatic rings. The van der Waals surface area contributed by atoms with Crippen LogP contribution in [0, 0.1) is 15.9 Å². The molecule has 1 aromatic heterocycles. The number of amides is 1. The van der Waals surface area contributed by atoms with Gasteiger partial charge in [0.1, 0.15) is 5.82 Å². The fourth-order valence-electron chi connectivity index (χ4n) is 2.37. The van der Waals surface area contributed by atoms with Crippen molar-refractivity contribution in [1.82, 2.24) is 5.32 Å². The zero-order valence-corrected chi connectivity index (χ0v) is 13.8. The molecular formula is C18H13FN2O3S. The standard InChI is InChI=1S/C18H13FN2O3S/c19-14-7-3-2-6-13(14)16-9-10-17(25-16)18(22)20-11-12-5-1-4-8-15(12)21(23)24/h1-10H,11H2,(H,20,22). The number of nitrogens with one attached hydrogen (secondary N) is 1. The van der Waals surface area contributed by atoms with Crippen LogP contribution in [0.3, 0.4) is 0 Å². The molecular weight excluding hydrogens is 343 g/mol. The number of nitro benzene ring substituents is 1. The predicted molar refractivity (Wildman–Crippen MR) is 94.0 cm³/mol. The fourth-order valence-corrected chi connectivity index (χ4v) is 3.32. The molecule has 0 radical (unpaired) electrons. The molecule has 5 nitrogen and oxygen atoms in total. The van der Waals surface area contributed by atoms with Gasteiger partial charge in [-0.3, -0.25) is 14.9 Å². The van der Waals surface area contributed by atoms with Crippen molar-refractivity contribution < 1.29 is 14.1 Å². The summed E-state index contributed by atoms with van der Waals surface area (Å²) in [5.74, 6) is -0.707. The van der Waals surface area contributed by atoms with Gasteiger partial charge in [-0.05, 0) is 18.2 Å². The Morgan fingerprint density at radius 3 is 2.56 bits per heavy atom. The first-order chi connectivity index (χ1) is 12.1. The molecule has 126 valence electrons. The van der Waals surface area contributed by atoms with Crippen LogP contribution in [0.15, 0.2) is 60.7 Å². The molecule has 1 heterocycles. The molecule has 7 heteroatoms. The number of carbonyl (C=O) groups excluding carboxylic acids is 1. The molecule has 3 aromatic rings. The lowest BCUT2D eigenvalue weighted by Gasteiger charge is -2.04. The van der Waals surface area contributed by atoms with E-state index < -0.39 is 4.92 Å². The smallest absolute Gasteiger partial charge is 0.274 e. The predicted octanol–water partition coefficient (Wildman–Crippen LogP) is 4.39. The number of nitrogens with zero attached hydrogens (tertiary/aromatic N) is 1. The number of rotatable bonds is 5. The van der Waals surface area contributed by atoms with Crippen molar-refractivity contribution in [3.8, 4) is 10.4 Å². The number of hydrogen-bond acceptors (Lipinski definition) is 4. The van der Waals surface area contributed by atoms with Crippen molar-refractivity contribution in [2.24, 2.45) is 0 Å². The molecule has 0 unspecified atom stereocenters. The van der Waals surface area contributed by atoms with Crippen LogP contribution in [0.5, 0.6) is 0 Å². The van der Waals surface area contributed by atoms with Gasteiger partial charge in [0.25, 0.3) is 11.6 Å². The normalized spacial score (nSPS) is 10.4. The molecule has 1 amide bonds. The quantitative estimate of drug-likeness (QED) is 0.544. The second-order valence-electron chi connectivity index (χ2n) is 5.21. The van der Waals surface area contributed by atoms with Crippen LogP contribution in [-0.2, 0) is 6.54 Å². The highest BCUT2D eigenvalue weighted by atomic mass is 32.1. The summed E-state index contributed by atoms with van der Waals surface area (Å²) in [5, 5.41) is 13.7. The first kappa shape index (κ1) is 16.8.